The maximum atomic E-state index is 11.8. The summed E-state index contributed by atoms with van der Waals surface area (Å²) in [5.74, 6) is 0. The minimum absolute atomic E-state index is 0.0718. The van der Waals surface area contributed by atoms with Crippen LogP contribution in [0.5, 0.6) is 0 Å². The lowest BCUT2D eigenvalue weighted by Crippen LogP contribution is -2.27. The molecule has 0 saturated carbocycles. The normalized spacial score (nSPS) is 10.5. The fourth-order valence-corrected chi connectivity index (χ4v) is 1.25. The Bertz CT molecular complexity index is 310. The van der Waals surface area contributed by atoms with E-state index in [-0.39, 0.29) is 11.6 Å². The van der Waals surface area contributed by atoms with Crippen LogP contribution in [-0.2, 0) is 0 Å². The van der Waals surface area contributed by atoms with Crippen molar-refractivity contribution in [1.29, 1.82) is 0 Å². The van der Waals surface area contributed by atoms with Crippen LogP contribution in [0.1, 0.15) is 19.9 Å². The highest BCUT2D eigenvalue weighted by Gasteiger charge is 2.05. The van der Waals surface area contributed by atoms with E-state index in [1.54, 1.807) is 4.57 Å². The number of pyridine rings is 1. The number of hydrogen-bond donors (Lipinski definition) is 0. The number of anilines is 1. The average Bonchev–Trinajstić information content (AvgIpc) is 2.03. The number of hydrogen-bond acceptors (Lipinski definition) is 2. The summed E-state index contributed by atoms with van der Waals surface area (Å²) in [6.07, 6.45) is 1.82. The van der Waals surface area contributed by atoms with Crippen LogP contribution < -0.4 is 10.5 Å². The topological polar surface area (TPSA) is 25.2 Å². The van der Waals surface area contributed by atoms with Crippen molar-refractivity contribution in [2.24, 2.45) is 0 Å². The van der Waals surface area contributed by atoms with Gasteiger partial charge in [-0.25, -0.2) is 0 Å². The van der Waals surface area contributed by atoms with Crippen LogP contribution in [0.2, 0.25) is 0 Å². The highest BCUT2D eigenvalue weighted by molar-refractivity contribution is 5.42. The smallest absolute Gasteiger partial charge is 0.274 e. The zero-order valence-corrected chi connectivity index (χ0v) is 8.61. The Morgan fingerprint density at radius 1 is 1.38 bits per heavy atom. The van der Waals surface area contributed by atoms with E-state index >= 15 is 0 Å². The van der Waals surface area contributed by atoms with Gasteiger partial charge in [-0.15, -0.1) is 0 Å². The number of rotatable bonds is 2. The number of nitrogens with zero attached hydrogens (tertiary/aromatic N) is 2. The quantitative estimate of drug-likeness (QED) is 0.689. The van der Waals surface area contributed by atoms with Gasteiger partial charge in [0.1, 0.15) is 5.69 Å². The van der Waals surface area contributed by atoms with Gasteiger partial charge in [-0.1, -0.05) is 0 Å². The molecule has 0 N–H and O–H groups in total. The van der Waals surface area contributed by atoms with Crippen LogP contribution in [0.25, 0.3) is 0 Å². The summed E-state index contributed by atoms with van der Waals surface area (Å²) in [6.45, 7) is 4.00. The Balaban J connectivity index is 3.27. The van der Waals surface area contributed by atoms with E-state index in [9.17, 15) is 4.79 Å². The Labute approximate surface area is 78.6 Å². The van der Waals surface area contributed by atoms with Crippen LogP contribution in [0, 0.1) is 0 Å². The lowest BCUT2D eigenvalue weighted by Gasteiger charge is -2.15. The van der Waals surface area contributed by atoms with Gasteiger partial charge in [0.05, 0.1) is 0 Å². The molecule has 0 saturated heterocycles. The van der Waals surface area contributed by atoms with E-state index in [4.69, 9.17) is 0 Å². The first-order valence-electron chi connectivity index (χ1n) is 4.42. The molecule has 0 aliphatic heterocycles. The van der Waals surface area contributed by atoms with Crippen LogP contribution in [0.4, 0.5) is 5.69 Å². The molecule has 0 aliphatic rings. The second-order valence-electron chi connectivity index (χ2n) is 3.59. The summed E-state index contributed by atoms with van der Waals surface area (Å²) in [6, 6.07) is 3.95. The molecule has 1 rings (SSSR count). The molecule has 0 amide bonds. The summed E-state index contributed by atoms with van der Waals surface area (Å²) in [4.78, 5) is 13.6. The highest BCUT2D eigenvalue weighted by Crippen LogP contribution is 2.06. The van der Waals surface area contributed by atoms with Crippen molar-refractivity contribution < 1.29 is 0 Å². The second kappa shape index (κ2) is 3.64. The molecule has 3 heteroatoms. The van der Waals surface area contributed by atoms with E-state index in [1.807, 2.05) is 51.2 Å². The maximum absolute atomic E-state index is 11.8. The minimum atomic E-state index is 0.0718. The van der Waals surface area contributed by atoms with Crippen LogP contribution in [0.3, 0.4) is 0 Å². The zero-order chi connectivity index (χ0) is 10.0. The van der Waals surface area contributed by atoms with E-state index in [1.165, 1.54) is 0 Å². The van der Waals surface area contributed by atoms with Crippen molar-refractivity contribution in [1.82, 2.24) is 4.57 Å². The molecule has 0 radical (unpaired) electrons. The predicted molar refractivity (Wildman–Crippen MR) is 55.4 cm³/mol. The van der Waals surface area contributed by atoms with E-state index < -0.39 is 0 Å². The highest BCUT2D eigenvalue weighted by atomic mass is 16.1. The van der Waals surface area contributed by atoms with Gasteiger partial charge in [0, 0.05) is 26.3 Å². The van der Waals surface area contributed by atoms with Gasteiger partial charge in [-0.3, -0.25) is 4.79 Å². The Morgan fingerprint density at radius 3 is 2.46 bits per heavy atom. The van der Waals surface area contributed by atoms with Crippen molar-refractivity contribution in [3.63, 3.8) is 0 Å². The van der Waals surface area contributed by atoms with Gasteiger partial charge >= 0.3 is 0 Å². The molecule has 1 heterocycles. The Hall–Kier alpha value is -1.25. The van der Waals surface area contributed by atoms with Crippen LogP contribution in [-0.4, -0.2) is 18.7 Å². The molecule has 0 atom stereocenters. The van der Waals surface area contributed by atoms with Gasteiger partial charge in [0.25, 0.3) is 5.56 Å². The fraction of sp³-hybridized carbons (Fsp3) is 0.500. The molecule has 0 aromatic carbocycles. The van der Waals surface area contributed by atoms with Crippen molar-refractivity contribution in [3.8, 4) is 0 Å². The van der Waals surface area contributed by atoms with E-state index in [0.29, 0.717) is 0 Å². The standard InChI is InChI=1S/C10H16N2O/c1-8(2)12-7-5-6-9(10(12)13)11(3)4/h5-8H,1-4H3. The Morgan fingerprint density at radius 2 is 2.00 bits per heavy atom. The third kappa shape index (κ3) is 1.91. The molecule has 72 valence electrons. The van der Waals surface area contributed by atoms with Gasteiger partial charge in [-0.05, 0) is 26.0 Å². The lowest BCUT2D eigenvalue weighted by atomic mass is 10.3. The molecule has 0 aliphatic carbocycles. The first-order chi connectivity index (χ1) is 6.04. The van der Waals surface area contributed by atoms with E-state index in [2.05, 4.69) is 0 Å². The molecule has 0 bridgehead atoms. The summed E-state index contributed by atoms with van der Waals surface area (Å²) in [7, 11) is 3.75. The molecular weight excluding hydrogens is 164 g/mol. The molecule has 13 heavy (non-hydrogen) atoms. The second-order valence-corrected chi connectivity index (χ2v) is 3.59. The third-order valence-corrected chi connectivity index (χ3v) is 1.99. The zero-order valence-electron chi connectivity index (χ0n) is 8.61. The lowest BCUT2D eigenvalue weighted by molar-refractivity contribution is 0.578. The Kier molecular flexibility index (Phi) is 2.76. The molecule has 0 spiro atoms. The fourth-order valence-electron chi connectivity index (χ4n) is 1.25. The average molecular weight is 180 g/mol. The van der Waals surface area contributed by atoms with Crippen LogP contribution in [0.15, 0.2) is 23.1 Å². The van der Waals surface area contributed by atoms with Crippen molar-refractivity contribution in [2.75, 3.05) is 19.0 Å². The third-order valence-electron chi connectivity index (χ3n) is 1.99. The summed E-state index contributed by atoms with van der Waals surface area (Å²) in [5, 5.41) is 0. The minimum Gasteiger partial charge on any atom is -0.373 e. The van der Waals surface area contributed by atoms with Gasteiger partial charge in [0.15, 0.2) is 0 Å². The molecule has 3 nitrogen and oxygen atoms in total. The van der Waals surface area contributed by atoms with Crippen molar-refractivity contribution >= 4 is 5.69 Å². The molecule has 1 aromatic rings. The molecule has 1 aromatic heterocycles. The summed E-state index contributed by atoms with van der Waals surface area (Å²) < 4.78 is 1.73. The molecular formula is C10H16N2O. The van der Waals surface area contributed by atoms with Crippen LogP contribution >= 0.6 is 0 Å². The first kappa shape index (κ1) is 9.84. The largest absolute Gasteiger partial charge is 0.373 e. The SMILES string of the molecule is CC(C)n1cccc(N(C)C)c1=O. The van der Waals surface area contributed by atoms with Crippen molar-refractivity contribution in [2.45, 2.75) is 19.9 Å². The van der Waals surface area contributed by atoms with Gasteiger partial charge in [0.2, 0.25) is 0 Å². The molecule has 0 unspecified atom stereocenters. The monoisotopic (exact) mass is 180 g/mol. The van der Waals surface area contributed by atoms with Crippen molar-refractivity contribution in [3.05, 3.63) is 28.7 Å². The summed E-state index contributed by atoms with van der Waals surface area (Å²) >= 11 is 0. The first-order valence-corrected chi connectivity index (χ1v) is 4.42. The summed E-state index contributed by atoms with van der Waals surface area (Å²) in [5.41, 5.74) is 0.804. The molecule has 0 fully saturated rings. The predicted octanol–water partition coefficient (Wildman–Crippen LogP) is 1.50. The number of aromatic nitrogens is 1. The van der Waals surface area contributed by atoms with E-state index in [0.717, 1.165) is 5.69 Å². The maximum Gasteiger partial charge on any atom is 0.274 e. The van der Waals surface area contributed by atoms with Gasteiger partial charge in [-0.2, -0.15) is 0 Å². The van der Waals surface area contributed by atoms with Gasteiger partial charge < -0.3 is 9.47 Å².